The van der Waals surface area contributed by atoms with Crippen molar-refractivity contribution in [2.24, 2.45) is 7.05 Å². The van der Waals surface area contributed by atoms with Crippen LogP contribution >= 0.6 is 11.6 Å². The van der Waals surface area contributed by atoms with Crippen LogP contribution in [0.3, 0.4) is 0 Å². The molecule has 6 heteroatoms. The maximum Gasteiger partial charge on any atom is 0.249 e. The van der Waals surface area contributed by atoms with Crippen molar-refractivity contribution in [1.29, 1.82) is 0 Å². The largest absolute Gasteiger partial charge is 0.368 e. The van der Waals surface area contributed by atoms with Crippen molar-refractivity contribution >= 4 is 17.5 Å². The van der Waals surface area contributed by atoms with E-state index in [1.165, 1.54) is 19.3 Å². The molecule has 0 N–H and O–H groups in total. The number of nitrogens with zero attached hydrogens (tertiary/aromatic N) is 3. The molecule has 1 aromatic rings. The van der Waals surface area contributed by atoms with Crippen LogP contribution in [-0.2, 0) is 16.6 Å². The first-order valence-corrected chi connectivity index (χ1v) is 9.05. The van der Waals surface area contributed by atoms with Gasteiger partial charge in [0.1, 0.15) is 11.8 Å². The summed E-state index contributed by atoms with van der Waals surface area (Å²) in [4.78, 5) is 14.6. The lowest BCUT2D eigenvalue weighted by Gasteiger charge is -2.27. The highest BCUT2D eigenvalue weighted by Gasteiger charge is 2.34. The van der Waals surface area contributed by atoms with Crippen LogP contribution in [-0.4, -0.2) is 39.8 Å². The minimum atomic E-state index is 0.0404. The predicted octanol–water partition coefficient (Wildman–Crippen LogP) is 3.39. The van der Waals surface area contributed by atoms with Gasteiger partial charge in [0.25, 0.3) is 0 Å². The predicted molar refractivity (Wildman–Crippen MR) is 89.5 cm³/mol. The molecule has 5 nitrogen and oxygen atoms in total. The summed E-state index contributed by atoms with van der Waals surface area (Å²) in [5.74, 6) is 0.0809. The molecule has 1 saturated carbocycles. The first kappa shape index (κ1) is 16.8. The standard InChI is InChI=1S/C17H26ClN3O2/c1-12-16(17(18)20(2)19-12)14-9-6-10-21(14)15(22)11-23-13-7-4-3-5-8-13/h13-14H,3-11H2,1-2H3/t14-/m1/s1. The summed E-state index contributed by atoms with van der Waals surface area (Å²) in [6.07, 6.45) is 8.12. The summed E-state index contributed by atoms with van der Waals surface area (Å²) in [7, 11) is 1.84. The third kappa shape index (κ3) is 3.56. The zero-order valence-electron chi connectivity index (χ0n) is 14.1. The molecule has 23 heavy (non-hydrogen) atoms. The maximum atomic E-state index is 12.6. The first-order chi connectivity index (χ1) is 11.1. The third-order valence-corrected chi connectivity index (χ3v) is 5.55. The molecule has 2 aliphatic rings. The summed E-state index contributed by atoms with van der Waals surface area (Å²) in [5, 5.41) is 5.02. The molecule has 0 radical (unpaired) electrons. The van der Waals surface area contributed by atoms with E-state index in [2.05, 4.69) is 5.10 Å². The highest BCUT2D eigenvalue weighted by Crippen LogP contribution is 2.37. The number of likely N-dealkylation sites (tertiary alicyclic amines) is 1. The van der Waals surface area contributed by atoms with Gasteiger partial charge in [0.05, 0.1) is 17.8 Å². The Morgan fingerprint density at radius 2 is 2.00 bits per heavy atom. The van der Waals surface area contributed by atoms with Crippen molar-refractivity contribution in [2.45, 2.75) is 64.0 Å². The fourth-order valence-electron chi connectivity index (χ4n) is 3.89. The Morgan fingerprint density at radius 1 is 1.26 bits per heavy atom. The van der Waals surface area contributed by atoms with E-state index < -0.39 is 0 Å². The number of carbonyl (C=O) groups excluding carboxylic acids is 1. The minimum absolute atomic E-state index is 0.0404. The van der Waals surface area contributed by atoms with E-state index in [9.17, 15) is 4.79 Å². The van der Waals surface area contributed by atoms with Crippen LogP contribution in [0.5, 0.6) is 0 Å². The van der Waals surface area contributed by atoms with Crippen LogP contribution in [0.2, 0.25) is 5.15 Å². The van der Waals surface area contributed by atoms with Crippen molar-refractivity contribution < 1.29 is 9.53 Å². The monoisotopic (exact) mass is 339 g/mol. The van der Waals surface area contributed by atoms with Gasteiger partial charge in [-0.15, -0.1) is 0 Å². The summed E-state index contributed by atoms with van der Waals surface area (Å²) < 4.78 is 7.55. The summed E-state index contributed by atoms with van der Waals surface area (Å²) >= 11 is 6.39. The van der Waals surface area contributed by atoms with Gasteiger partial charge >= 0.3 is 0 Å². The Morgan fingerprint density at radius 3 is 2.65 bits per heavy atom. The smallest absolute Gasteiger partial charge is 0.249 e. The van der Waals surface area contributed by atoms with E-state index in [4.69, 9.17) is 16.3 Å². The normalized spacial score (nSPS) is 22.7. The van der Waals surface area contributed by atoms with Crippen molar-refractivity contribution in [1.82, 2.24) is 14.7 Å². The Kier molecular flexibility index (Phi) is 5.27. The molecule has 0 aromatic carbocycles. The summed E-state index contributed by atoms with van der Waals surface area (Å²) in [6, 6.07) is 0.0404. The summed E-state index contributed by atoms with van der Waals surface area (Å²) in [5.41, 5.74) is 1.91. The van der Waals surface area contributed by atoms with Crippen molar-refractivity contribution in [2.75, 3.05) is 13.2 Å². The van der Waals surface area contributed by atoms with Crippen molar-refractivity contribution in [3.63, 3.8) is 0 Å². The Hall–Kier alpha value is -1.07. The molecule has 0 unspecified atom stereocenters. The Labute approximate surface area is 142 Å². The SMILES string of the molecule is Cc1nn(C)c(Cl)c1[C@H]1CCCN1C(=O)COC1CCCCC1. The van der Waals surface area contributed by atoms with Crippen LogP contribution < -0.4 is 0 Å². The van der Waals surface area contributed by atoms with Gasteiger partial charge in [-0.05, 0) is 32.6 Å². The molecule has 1 aliphatic heterocycles. The van der Waals surface area contributed by atoms with Gasteiger partial charge < -0.3 is 9.64 Å². The third-order valence-electron chi connectivity index (χ3n) is 5.10. The Bertz CT molecular complexity index is 566. The second-order valence-electron chi connectivity index (χ2n) is 6.73. The highest BCUT2D eigenvalue weighted by molar-refractivity contribution is 6.30. The van der Waals surface area contributed by atoms with Gasteiger partial charge in [-0.3, -0.25) is 9.48 Å². The maximum absolute atomic E-state index is 12.6. The number of carbonyl (C=O) groups is 1. The number of halogens is 1. The molecule has 1 atom stereocenters. The average molecular weight is 340 g/mol. The molecule has 1 saturated heterocycles. The molecule has 0 spiro atoms. The minimum Gasteiger partial charge on any atom is -0.368 e. The Balaban J connectivity index is 1.65. The second-order valence-corrected chi connectivity index (χ2v) is 7.09. The summed E-state index contributed by atoms with van der Waals surface area (Å²) in [6.45, 7) is 2.93. The molecule has 0 bridgehead atoms. The molecule has 2 heterocycles. The zero-order valence-corrected chi connectivity index (χ0v) is 14.8. The van der Waals surface area contributed by atoms with Crippen LogP contribution in [0.15, 0.2) is 0 Å². The molecular formula is C17H26ClN3O2. The van der Waals surface area contributed by atoms with Crippen LogP contribution in [0, 0.1) is 6.92 Å². The highest BCUT2D eigenvalue weighted by atomic mass is 35.5. The molecule has 1 aliphatic carbocycles. The van der Waals surface area contributed by atoms with E-state index in [-0.39, 0.29) is 24.7 Å². The van der Waals surface area contributed by atoms with Gasteiger partial charge in [-0.25, -0.2) is 0 Å². The lowest BCUT2D eigenvalue weighted by Crippen LogP contribution is -2.35. The molecule has 2 fully saturated rings. The van der Waals surface area contributed by atoms with Crippen molar-refractivity contribution in [3.8, 4) is 0 Å². The van der Waals surface area contributed by atoms with Crippen LogP contribution in [0.4, 0.5) is 0 Å². The number of ether oxygens (including phenoxy) is 1. The molecule has 1 amide bonds. The number of aryl methyl sites for hydroxylation is 2. The molecule has 1 aromatic heterocycles. The zero-order chi connectivity index (χ0) is 16.4. The van der Waals surface area contributed by atoms with Gasteiger partial charge in [-0.2, -0.15) is 5.10 Å². The van der Waals surface area contributed by atoms with Gasteiger partial charge in [0.15, 0.2) is 0 Å². The fraction of sp³-hybridized carbons (Fsp3) is 0.765. The lowest BCUT2D eigenvalue weighted by atomic mass is 9.98. The second kappa shape index (κ2) is 7.22. The van der Waals surface area contributed by atoms with E-state index in [0.717, 1.165) is 43.5 Å². The quantitative estimate of drug-likeness (QED) is 0.844. The van der Waals surface area contributed by atoms with Gasteiger partial charge in [0.2, 0.25) is 5.91 Å². The van der Waals surface area contributed by atoms with Crippen LogP contribution in [0.25, 0.3) is 0 Å². The number of hydrogen-bond donors (Lipinski definition) is 0. The number of rotatable bonds is 4. The van der Waals surface area contributed by atoms with E-state index in [1.807, 2.05) is 18.9 Å². The molecule has 128 valence electrons. The molecular weight excluding hydrogens is 314 g/mol. The number of amides is 1. The lowest BCUT2D eigenvalue weighted by molar-refractivity contribution is -0.139. The number of hydrogen-bond acceptors (Lipinski definition) is 3. The van der Waals surface area contributed by atoms with E-state index in [1.54, 1.807) is 4.68 Å². The molecule has 3 rings (SSSR count). The van der Waals surface area contributed by atoms with Crippen molar-refractivity contribution in [3.05, 3.63) is 16.4 Å². The average Bonchev–Trinajstić information content (AvgIpc) is 3.11. The van der Waals surface area contributed by atoms with Gasteiger partial charge in [-0.1, -0.05) is 30.9 Å². The van der Waals surface area contributed by atoms with E-state index in [0.29, 0.717) is 5.15 Å². The fourth-order valence-corrected chi connectivity index (χ4v) is 4.19. The van der Waals surface area contributed by atoms with Crippen LogP contribution in [0.1, 0.15) is 62.2 Å². The number of aromatic nitrogens is 2. The van der Waals surface area contributed by atoms with E-state index >= 15 is 0 Å². The first-order valence-electron chi connectivity index (χ1n) is 8.68. The topological polar surface area (TPSA) is 47.4 Å². The van der Waals surface area contributed by atoms with Gasteiger partial charge in [0, 0.05) is 19.2 Å².